The Labute approximate surface area is 187 Å². The highest BCUT2D eigenvalue weighted by molar-refractivity contribution is 6.30. The first-order valence-electron chi connectivity index (χ1n) is 10.7. The van der Waals surface area contributed by atoms with Crippen LogP contribution < -0.4 is 5.32 Å². The molecule has 0 bridgehead atoms. The Morgan fingerprint density at radius 3 is 2.42 bits per heavy atom. The number of nitrogens with one attached hydrogen (secondary N) is 2. The van der Waals surface area contributed by atoms with Gasteiger partial charge in [0, 0.05) is 18.1 Å². The van der Waals surface area contributed by atoms with Gasteiger partial charge >= 0.3 is 0 Å². The number of halogens is 1. The number of aromatic nitrogens is 2. The summed E-state index contributed by atoms with van der Waals surface area (Å²) < 4.78 is 0. The van der Waals surface area contributed by atoms with E-state index in [-0.39, 0.29) is 23.6 Å². The van der Waals surface area contributed by atoms with Crippen molar-refractivity contribution in [1.82, 2.24) is 20.2 Å². The number of amides is 2. The van der Waals surface area contributed by atoms with E-state index in [4.69, 9.17) is 11.6 Å². The van der Waals surface area contributed by atoms with Crippen LogP contribution in [0, 0.1) is 5.92 Å². The normalized spacial score (nSPS) is 15.9. The maximum atomic E-state index is 13.2. The van der Waals surface area contributed by atoms with E-state index in [0.717, 1.165) is 28.9 Å². The van der Waals surface area contributed by atoms with Gasteiger partial charge in [-0.3, -0.25) is 9.59 Å². The molecule has 2 N–H and O–H groups in total. The minimum Gasteiger partial charge on any atom is -0.341 e. The lowest BCUT2D eigenvalue weighted by Gasteiger charge is -2.35. The predicted octanol–water partition coefficient (Wildman–Crippen LogP) is 4.38. The number of fused-ring (bicyclic) bond motifs is 1. The van der Waals surface area contributed by atoms with Crippen molar-refractivity contribution in [2.75, 3.05) is 13.1 Å². The van der Waals surface area contributed by atoms with Crippen LogP contribution in [0.4, 0.5) is 0 Å². The minimum atomic E-state index is -0.590. The molecule has 0 aliphatic carbocycles. The van der Waals surface area contributed by atoms with Crippen molar-refractivity contribution in [2.45, 2.75) is 38.6 Å². The summed E-state index contributed by atoms with van der Waals surface area (Å²) in [6.07, 6.45) is 1.80. The Kier molecular flexibility index (Phi) is 6.28. The summed E-state index contributed by atoms with van der Waals surface area (Å²) in [6.45, 7) is 5.25. The fraction of sp³-hybridized carbons (Fsp3) is 0.375. The monoisotopic (exact) mass is 438 g/mol. The van der Waals surface area contributed by atoms with Crippen molar-refractivity contribution < 1.29 is 9.59 Å². The molecule has 31 heavy (non-hydrogen) atoms. The SMILES string of the molecule is CC(C)[C@@H](NC(=O)c1nc2ccccc2[nH]1)C(=O)N1CCC(c2ccc(Cl)cc2)CC1. The van der Waals surface area contributed by atoms with Crippen LogP contribution in [0.15, 0.2) is 48.5 Å². The second-order valence-corrected chi connectivity index (χ2v) is 8.89. The summed E-state index contributed by atoms with van der Waals surface area (Å²) in [5, 5.41) is 3.63. The molecule has 2 amide bonds. The number of hydrogen-bond donors (Lipinski definition) is 2. The van der Waals surface area contributed by atoms with E-state index in [1.54, 1.807) is 0 Å². The maximum absolute atomic E-state index is 13.2. The molecule has 0 spiro atoms. The van der Waals surface area contributed by atoms with Gasteiger partial charge < -0.3 is 15.2 Å². The van der Waals surface area contributed by atoms with Crippen molar-refractivity contribution in [2.24, 2.45) is 5.92 Å². The molecule has 1 aromatic heterocycles. The van der Waals surface area contributed by atoms with E-state index in [2.05, 4.69) is 27.4 Å². The van der Waals surface area contributed by atoms with Gasteiger partial charge in [0.15, 0.2) is 5.82 Å². The number of carbonyl (C=O) groups is 2. The van der Waals surface area contributed by atoms with Crippen molar-refractivity contribution >= 4 is 34.4 Å². The quantitative estimate of drug-likeness (QED) is 0.620. The summed E-state index contributed by atoms with van der Waals surface area (Å²) in [4.78, 5) is 35.3. The minimum absolute atomic E-state index is 0.0326. The van der Waals surface area contributed by atoms with Crippen molar-refractivity contribution in [3.05, 3.63) is 64.9 Å². The van der Waals surface area contributed by atoms with E-state index >= 15 is 0 Å². The molecule has 2 heterocycles. The lowest BCUT2D eigenvalue weighted by molar-refractivity contribution is -0.135. The lowest BCUT2D eigenvalue weighted by atomic mass is 9.89. The highest BCUT2D eigenvalue weighted by atomic mass is 35.5. The molecule has 0 radical (unpaired) electrons. The first kappa shape index (κ1) is 21.4. The standard InChI is InChI=1S/C24H27ClN4O2/c1-15(2)21(28-23(30)22-26-19-5-3-4-6-20(19)27-22)24(31)29-13-11-17(12-14-29)16-7-9-18(25)10-8-16/h3-10,15,17,21H,11-14H2,1-2H3,(H,26,27)(H,28,30)/t21-/m1/s1. The number of nitrogens with zero attached hydrogens (tertiary/aromatic N) is 2. The van der Waals surface area contributed by atoms with E-state index in [9.17, 15) is 9.59 Å². The Balaban J connectivity index is 1.40. The van der Waals surface area contributed by atoms with Crippen LogP contribution in [0.3, 0.4) is 0 Å². The number of imidazole rings is 1. The zero-order valence-corrected chi connectivity index (χ0v) is 18.5. The Morgan fingerprint density at radius 1 is 1.10 bits per heavy atom. The first-order valence-corrected chi connectivity index (χ1v) is 11.1. The second kappa shape index (κ2) is 9.10. The predicted molar refractivity (Wildman–Crippen MR) is 122 cm³/mol. The van der Waals surface area contributed by atoms with Crippen LogP contribution in [-0.4, -0.2) is 45.8 Å². The molecule has 1 aliphatic heterocycles. The van der Waals surface area contributed by atoms with Gasteiger partial charge in [0.1, 0.15) is 6.04 Å². The third kappa shape index (κ3) is 4.74. The molecule has 0 unspecified atom stereocenters. The van der Waals surface area contributed by atoms with Crippen LogP contribution in [0.1, 0.15) is 48.8 Å². The van der Waals surface area contributed by atoms with Crippen molar-refractivity contribution in [3.8, 4) is 0 Å². The molecule has 1 atom stereocenters. The Hall–Kier alpha value is -2.86. The van der Waals surface area contributed by atoms with Crippen LogP contribution in [-0.2, 0) is 4.79 Å². The zero-order valence-electron chi connectivity index (χ0n) is 17.8. The van der Waals surface area contributed by atoms with Gasteiger partial charge in [-0.25, -0.2) is 4.98 Å². The third-order valence-corrected chi connectivity index (χ3v) is 6.22. The summed E-state index contributed by atoms with van der Waals surface area (Å²) in [5.74, 6) is 0.216. The Bertz CT molecular complexity index is 1040. The van der Waals surface area contributed by atoms with Crippen LogP contribution in [0.25, 0.3) is 11.0 Å². The van der Waals surface area contributed by atoms with Gasteiger partial charge in [-0.05, 0) is 54.5 Å². The molecule has 0 saturated carbocycles. The van der Waals surface area contributed by atoms with E-state index in [0.29, 0.717) is 19.0 Å². The molecule has 1 fully saturated rings. The van der Waals surface area contributed by atoms with Gasteiger partial charge in [-0.1, -0.05) is 49.7 Å². The molecule has 162 valence electrons. The maximum Gasteiger partial charge on any atom is 0.287 e. The zero-order chi connectivity index (χ0) is 22.0. The fourth-order valence-electron chi connectivity index (χ4n) is 4.15. The summed E-state index contributed by atoms with van der Waals surface area (Å²) in [7, 11) is 0. The van der Waals surface area contributed by atoms with E-state index < -0.39 is 6.04 Å². The summed E-state index contributed by atoms with van der Waals surface area (Å²) in [5.41, 5.74) is 2.78. The summed E-state index contributed by atoms with van der Waals surface area (Å²) in [6, 6.07) is 14.8. The third-order valence-electron chi connectivity index (χ3n) is 5.97. The fourth-order valence-corrected chi connectivity index (χ4v) is 4.27. The van der Waals surface area contributed by atoms with Crippen molar-refractivity contribution in [1.29, 1.82) is 0 Å². The van der Waals surface area contributed by atoms with Crippen LogP contribution in [0.5, 0.6) is 0 Å². The number of aromatic amines is 1. The number of likely N-dealkylation sites (tertiary alicyclic amines) is 1. The van der Waals surface area contributed by atoms with Gasteiger partial charge in [0.2, 0.25) is 5.91 Å². The number of benzene rings is 2. The smallest absolute Gasteiger partial charge is 0.287 e. The highest BCUT2D eigenvalue weighted by Gasteiger charge is 2.32. The Morgan fingerprint density at radius 2 is 1.77 bits per heavy atom. The van der Waals surface area contributed by atoms with E-state index in [1.165, 1.54) is 5.56 Å². The first-order chi connectivity index (χ1) is 14.9. The number of H-pyrrole nitrogens is 1. The lowest BCUT2D eigenvalue weighted by Crippen LogP contribution is -2.53. The number of para-hydroxylation sites is 2. The average Bonchev–Trinajstić information content (AvgIpc) is 3.22. The molecule has 4 rings (SSSR count). The number of piperidine rings is 1. The van der Waals surface area contributed by atoms with Crippen LogP contribution >= 0.6 is 11.6 Å². The molecule has 1 aliphatic rings. The van der Waals surface area contributed by atoms with Crippen molar-refractivity contribution in [3.63, 3.8) is 0 Å². The molecule has 7 heteroatoms. The van der Waals surface area contributed by atoms with E-state index in [1.807, 2.05) is 55.1 Å². The largest absolute Gasteiger partial charge is 0.341 e. The second-order valence-electron chi connectivity index (χ2n) is 8.45. The molecule has 1 saturated heterocycles. The molecule has 3 aromatic rings. The number of hydrogen-bond acceptors (Lipinski definition) is 3. The molecule has 6 nitrogen and oxygen atoms in total. The molecular formula is C24H27ClN4O2. The van der Waals surface area contributed by atoms with Gasteiger partial charge in [-0.15, -0.1) is 0 Å². The van der Waals surface area contributed by atoms with Gasteiger partial charge in [-0.2, -0.15) is 0 Å². The molecule has 2 aromatic carbocycles. The average molecular weight is 439 g/mol. The number of rotatable bonds is 5. The number of carbonyl (C=O) groups excluding carboxylic acids is 2. The highest BCUT2D eigenvalue weighted by Crippen LogP contribution is 2.29. The molecular weight excluding hydrogens is 412 g/mol. The van der Waals surface area contributed by atoms with Gasteiger partial charge in [0.05, 0.1) is 11.0 Å². The summed E-state index contributed by atoms with van der Waals surface area (Å²) >= 11 is 5.99. The van der Waals surface area contributed by atoms with Crippen LogP contribution in [0.2, 0.25) is 5.02 Å². The van der Waals surface area contributed by atoms with Gasteiger partial charge in [0.25, 0.3) is 5.91 Å². The topological polar surface area (TPSA) is 78.1 Å².